The van der Waals surface area contributed by atoms with Gasteiger partial charge < -0.3 is 24.2 Å². The third-order valence-corrected chi connectivity index (χ3v) is 6.25. The highest BCUT2D eigenvalue weighted by atomic mass is 16.5. The summed E-state index contributed by atoms with van der Waals surface area (Å²) >= 11 is 0. The van der Waals surface area contributed by atoms with Gasteiger partial charge in [-0.3, -0.25) is 14.5 Å². The number of aliphatic hydroxyl groups is 2. The molecule has 1 atom stereocenters. The molecule has 2 heterocycles. The molecule has 1 aliphatic heterocycles. The third kappa shape index (κ3) is 4.51. The molecule has 5 rings (SSSR count). The van der Waals surface area contributed by atoms with Crippen molar-refractivity contribution in [3.63, 3.8) is 0 Å². The van der Waals surface area contributed by atoms with Crippen LogP contribution < -0.4 is 14.4 Å². The minimum atomic E-state index is -0.995. The van der Waals surface area contributed by atoms with Gasteiger partial charge in [0.25, 0.3) is 11.7 Å². The van der Waals surface area contributed by atoms with Gasteiger partial charge in [-0.25, -0.2) is 0 Å². The zero-order chi connectivity index (χ0) is 26.6. The van der Waals surface area contributed by atoms with E-state index in [0.717, 1.165) is 5.56 Å². The van der Waals surface area contributed by atoms with Gasteiger partial charge in [0.2, 0.25) is 0 Å². The lowest BCUT2D eigenvalue weighted by Gasteiger charge is -2.27. The lowest BCUT2D eigenvalue weighted by Crippen LogP contribution is -2.29. The molecule has 0 bridgehead atoms. The predicted octanol–water partition coefficient (Wildman–Crippen LogP) is 4.35. The van der Waals surface area contributed by atoms with Crippen molar-refractivity contribution < 1.29 is 33.8 Å². The normalized spacial score (nSPS) is 16.6. The fraction of sp³-hybridized carbons (Fsp3) is 0.138. The van der Waals surface area contributed by atoms with Crippen LogP contribution in [0.25, 0.3) is 17.0 Å². The van der Waals surface area contributed by atoms with E-state index in [1.807, 2.05) is 0 Å². The molecule has 9 heteroatoms. The lowest BCUT2D eigenvalue weighted by atomic mass is 9.94. The zero-order valence-electron chi connectivity index (χ0n) is 20.4. The Kier molecular flexibility index (Phi) is 6.92. The van der Waals surface area contributed by atoms with Crippen LogP contribution in [0.4, 0.5) is 5.69 Å². The first-order valence-electron chi connectivity index (χ1n) is 11.8. The summed E-state index contributed by atoms with van der Waals surface area (Å²) in [5, 5.41) is 24.6. The molecule has 0 saturated carbocycles. The SMILES string of the molecule is COc1ccc(C(O)=C2C(=O)C(=O)N(c3ccc(-c4ccon4)cc3)C2c2ccccc2OCCO)cc1. The Labute approximate surface area is 218 Å². The molecule has 38 heavy (non-hydrogen) atoms. The quantitative estimate of drug-likeness (QED) is 0.203. The van der Waals surface area contributed by atoms with Crippen molar-refractivity contribution in [2.75, 3.05) is 25.2 Å². The lowest BCUT2D eigenvalue weighted by molar-refractivity contribution is -0.132. The van der Waals surface area contributed by atoms with Crippen LogP contribution in [0.1, 0.15) is 17.2 Å². The van der Waals surface area contributed by atoms with E-state index in [-0.39, 0.29) is 24.5 Å². The summed E-state index contributed by atoms with van der Waals surface area (Å²) in [6, 6.07) is 21.1. The highest BCUT2D eigenvalue weighted by Crippen LogP contribution is 2.45. The zero-order valence-corrected chi connectivity index (χ0v) is 20.4. The fourth-order valence-corrected chi connectivity index (χ4v) is 4.45. The van der Waals surface area contributed by atoms with Crippen molar-refractivity contribution in [1.82, 2.24) is 5.16 Å². The molecular weight excluding hydrogens is 488 g/mol. The van der Waals surface area contributed by atoms with Gasteiger partial charge in [-0.2, -0.15) is 0 Å². The summed E-state index contributed by atoms with van der Waals surface area (Å²) in [5.74, 6) is -1.00. The first-order chi connectivity index (χ1) is 18.5. The number of carbonyl (C=O) groups is 2. The number of carbonyl (C=O) groups excluding carboxylic acids is 2. The number of Topliss-reactive ketones (excluding diaryl/α,β-unsaturated/α-hetero) is 1. The smallest absolute Gasteiger partial charge is 0.300 e. The Morgan fingerprint density at radius 3 is 2.39 bits per heavy atom. The second-order valence-corrected chi connectivity index (χ2v) is 8.44. The molecule has 1 saturated heterocycles. The molecule has 2 N–H and O–H groups in total. The minimum absolute atomic E-state index is 0.0154. The average Bonchev–Trinajstić information content (AvgIpc) is 3.59. The number of para-hydroxylation sites is 1. The van der Waals surface area contributed by atoms with E-state index in [1.165, 1.54) is 18.3 Å². The van der Waals surface area contributed by atoms with Crippen molar-refractivity contribution >= 4 is 23.1 Å². The van der Waals surface area contributed by atoms with Crippen molar-refractivity contribution in [3.05, 3.63) is 102 Å². The molecule has 1 unspecified atom stereocenters. The van der Waals surface area contributed by atoms with Crippen molar-refractivity contribution in [1.29, 1.82) is 0 Å². The van der Waals surface area contributed by atoms with Crippen LogP contribution in [0, 0.1) is 0 Å². The van der Waals surface area contributed by atoms with E-state index in [2.05, 4.69) is 5.16 Å². The molecule has 1 aliphatic rings. The van der Waals surface area contributed by atoms with Gasteiger partial charge in [-0.05, 0) is 42.5 Å². The molecule has 1 fully saturated rings. The number of amides is 1. The maximum Gasteiger partial charge on any atom is 0.300 e. The molecular formula is C29H24N2O7. The summed E-state index contributed by atoms with van der Waals surface area (Å²) in [7, 11) is 1.53. The molecule has 4 aromatic rings. The van der Waals surface area contributed by atoms with Crippen molar-refractivity contribution in [2.24, 2.45) is 0 Å². The molecule has 0 spiro atoms. The number of aliphatic hydroxyl groups excluding tert-OH is 2. The van der Waals surface area contributed by atoms with Crippen LogP contribution in [0.3, 0.4) is 0 Å². The maximum absolute atomic E-state index is 13.5. The first kappa shape index (κ1) is 24.8. The van der Waals surface area contributed by atoms with Gasteiger partial charge in [0.15, 0.2) is 0 Å². The Balaban J connectivity index is 1.67. The topological polar surface area (TPSA) is 122 Å². The Morgan fingerprint density at radius 2 is 1.74 bits per heavy atom. The van der Waals surface area contributed by atoms with E-state index < -0.39 is 17.7 Å². The molecule has 9 nitrogen and oxygen atoms in total. The Morgan fingerprint density at radius 1 is 1.00 bits per heavy atom. The summed E-state index contributed by atoms with van der Waals surface area (Å²) < 4.78 is 15.9. The van der Waals surface area contributed by atoms with Crippen LogP contribution in [0.2, 0.25) is 0 Å². The van der Waals surface area contributed by atoms with E-state index >= 15 is 0 Å². The third-order valence-electron chi connectivity index (χ3n) is 6.25. The molecule has 192 valence electrons. The van der Waals surface area contributed by atoms with Gasteiger partial charge in [-0.15, -0.1) is 0 Å². The number of methoxy groups -OCH3 is 1. The van der Waals surface area contributed by atoms with Gasteiger partial charge in [0.1, 0.15) is 35.8 Å². The number of benzene rings is 3. The van der Waals surface area contributed by atoms with E-state index in [0.29, 0.717) is 34.0 Å². The first-order valence-corrected chi connectivity index (χ1v) is 11.8. The van der Waals surface area contributed by atoms with Gasteiger partial charge >= 0.3 is 0 Å². The molecule has 0 aliphatic carbocycles. The number of hydrogen-bond acceptors (Lipinski definition) is 8. The second kappa shape index (κ2) is 10.6. The van der Waals surface area contributed by atoms with E-state index in [1.54, 1.807) is 78.9 Å². The van der Waals surface area contributed by atoms with Crippen LogP contribution in [-0.2, 0) is 9.59 Å². The second-order valence-electron chi connectivity index (χ2n) is 8.44. The van der Waals surface area contributed by atoms with Gasteiger partial charge in [-0.1, -0.05) is 35.5 Å². The highest BCUT2D eigenvalue weighted by molar-refractivity contribution is 6.51. The number of rotatable bonds is 8. The largest absolute Gasteiger partial charge is 0.507 e. The molecule has 1 amide bonds. The number of anilines is 1. The van der Waals surface area contributed by atoms with Gasteiger partial charge in [0, 0.05) is 28.4 Å². The minimum Gasteiger partial charge on any atom is -0.507 e. The average molecular weight is 513 g/mol. The number of nitrogens with zero attached hydrogens (tertiary/aromatic N) is 2. The summed E-state index contributed by atoms with van der Waals surface area (Å²) in [5.41, 5.74) is 2.58. The van der Waals surface area contributed by atoms with Crippen LogP contribution in [0.15, 0.2) is 95.2 Å². The standard InChI is InChI=1S/C29H24N2O7/c1-36-21-12-8-19(9-13-21)27(33)25-26(22-4-2-3-5-24(22)37-17-15-32)31(29(35)28(25)34)20-10-6-18(7-11-20)23-14-16-38-30-23/h2-14,16,26,32-33H,15,17H2,1H3. The Hall–Kier alpha value is -4.89. The summed E-state index contributed by atoms with van der Waals surface area (Å²) in [4.78, 5) is 28.3. The number of hydrogen-bond donors (Lipinski definition) is 2. The number of ether oxygens (including phenoxy) is 2. The van der Waals surface area contributed by atoms with Crippen LogP contribution in [0.5, 0.6) is 11.5 Å². The van der Waals surface area contributed by atoms with Crippen molar-refractivity contribution in [2.45, 2.75) is 6.04 Å². The number of aromatic nitrogens is 1. The van der Waals surface area contributed by atoms with E-state index in [9.17, 15) is 19.8 Å². The summed E-state index contributed by atoms with van der Waals surface area (Å²) in [6.07, 6.45) is 1.46. The summed E-state index contributed by atoms with van der Waals surface area (Å²) in [6.45, 7) is -0.203. The molecule has 0 radical (unpaired) electrons. The molecule has 3 aromatic carbocycles. The fourth-order valence-electron chi connectivity index (χ4n) is 4.45. The van der Waals surface area contributed by atoms with Crippen LogP contribution >= 0.6 is 0 Å². The van der Waals surface area contributed by atoms with Crippen LogP contribution in [-0.4, -0.2) is 47.4 Å². The highest BCUT2D eigenvalue weighted by Gasteiger charge is 2.48. The maximum atomic E-state index is 13.5. The monoisotopic (exact) mass is 512 g/mol. The number of ketones is 1. The molecule has 1 aromatic heterocycles. The van der Waals surface area contributed by atoms with E-state index in [4.69, 9.17) is 14.0 Å². The predicted molar refractivity (Wildman–Crippen MR) is 139 cm³/mol. The van der Waals surface area contributed by atoms with Gasteiger partial charge in [0.05, 0.1) is 25.3 Å². The van der Waals surface area contributed by atoms with Crippen molar-refractivity contribution in [3.8, 4) is 22.8 Å². The Bertz CT molecular complexity index is 1480.